The predicted octanol–water partition coefficient (Wildman–Crippen LogP) is 3.92. The summed E-state index contributed by atoms with van der Waals surface area (Å²) < 4.78 is 5.17. The number of alkyl carbamates (subject to hydrolysis) is 1. The van der Waals surface area contributed by atoms with Crippen molar-refractivity contribution in [2.45, 2.75) is 78.2 Å². The summed E-state index contributed by atoms with van der Waals surface area (Å²) in [7, 11) is 0. The third-order valence-corrected chi connectivity index (χ3v) is 3.30. The largest absolute Gasteiger partial charge is 0.444 e. The molecule has 0 saturated carbocycles. The van der Waals surface area contributed by atoms with Crippen LogP contribution in [0, 0.1) is 6.92 Å². The molecule has 0 heterocycles. The fourth-order valence-electron chi connectivity index (χ4n) is 2.17. The van der Waals surface area contributed by atoms with Crippen LogP contribution in [0.5, 0.6) is 0 Å². The molecule has 1 N–H and O–H groups in total. The molecule has 23 heavy (non-hydrogen) atoms. The molecule has 0 aromatic heterocycles. The highest BCUT2D eigenvalue weighted by Crippen LogP contribution is 2.07. The summed E-state index contributed by atoms with van der Waals surface area (Å²) in [4.78, 5) is 25.6. The van der Waals surface area contributed by atoms with Crippen LogP contribution in [-0.4, -0.2) is 42.1 Å². The molecule has 0 saturated heterocycles. The van der Waals surface area contributed by atoms with Gasteiger partial charge in [0.2, 0.25) is 5.91 Å². The van der Waals surface area contributed by atoms with Crippen molar-refractivity contribution in [3.63, 3.8) is 0 Å². The third-order valence-electron chi connectivity index (χ3n) is 3.30. The molecule has 0 rings (SSSR count). The van der Waals surface area contributed by atoms with Crippen LogP contribution in [0.3, 0.4) is 0 Å². The smallest absolute Gasteiger partial charge is 0.407 e. The van der Waals surface area contributed by atoms with Gasteiger partial charge in [0, 0.05) is 26.1 Å². The van der Waals surface area contributed by atoms with Gasteiger partial charge in [0.15, 0.2) is 0 Å². The Morgan fingerprint density at radius 1 is 1.09 bits per heavy atom. The topological polar surface area (TPSA) is 58.6 Å². The zero-order valence-electron chi connectivity index (χ0n) is 15.5. The van der Waals surface area contributed by atoms with Crippen LogP contribution in [-0.2, 0) is 9.53 Å². The van der Waals surface area contributed by atoms with E-state index < -0.39 is 5.60 Å². The number of unbranched alkanes of at least 4 members (excludes halogenated alkanes) is 3. The van der Waals surface area contributed by atoms with Gasteiger partial charge in [0.25, 0.3) is 0 Å². The number of hydrogen-bond acceptors (Lipinski definition) is 3. The molecule has 0 aliphatic rings. The minimum Gasteiger partial charge on any atom is -0.444 e. The van der Waals surface area contributed by atoms with Crippen LogP contribution in [0.25, 0.3) is 0 Å². The molecule has 0 aliphatic carbocycles. The molecule has 0 aliphatic heterocycles. The number of amides is 2. The number of nitrogens with one attached hydrogen (secondary N) is 1. The van der Waals surface area contributed by atoms with E-state index in [4.69, 9.17) is 4.74 Å². The molecule has 0 atom stereocenters. The van der Waals surface area contributed by atoms with Crippen molar-refractivity contribution < 1.29 is 14.3 Å². The van der Waals surface area contributed by atoms with Crippen molar-refractivity contribution in [2.24, 2.45) is 0 Å². The molecule has 135 valence electrons. The van der Waals surface area contributed by atoms with Gasteiger partial charge in [0.05, 0.1) is 0 Å². The van der Waals surface area contributed by atoms with E-state index in [9.17, 15) is 9.59 Å². The fraction of sp³-hybridized carbons (Fsp3) is 0.833. The number of hydrogen-bond donors (Lipinski definition) is 1. The Hall–Kier alpha value is -1.26. The van der Waals surface area contributed by atoms with Gasteiger partial charge in [-0.25, -0.2) is 4.79 Å². The minimum absolute atomic E-state index is 0.224. The average Bonchev–Trinajstić information content (AvgIpc) is 2.44. The molecular weight excluding hydrogens is 292 g/mol. The minimum atomic E-state index is -0.472. The van der Waals surface area contributed by atoms with Crippen molar-refractivity contribution in [3.05, 3.63) is 6.92 Å². The summed E-state index contributed by atoms with van der Waals surface area (Å²) >= 11 is 0. The maximum Gasteiger partial charge on any atom is 0.407 e. The van der Waals surface area contributed by atoms with Gasteiger partial charge < -0.3 is 15.0 Å². The van der Waals surface area contributed by atoms with Gasteiger partial charge in [-0.15, -0.1) is 0 Å². The predicted molar refractivity (Wildman–Crippen MR) is 94.2 cm³/mol. The van der Waals surface area contributed by atoms with E-state index in [2.05, 4.69) is 19.2 Å². The zero-order valence-corrected chi connectivity index (χ0v) is 15.5. The number of nitrogens with zero attached hydrogens (tertiary/aromatic N) is 1. The lowest BCUT2D eigenvalue weighted by molar-refractivity contribution is -0.131. The molecule has 0 unspecified atom stereocenters. The van der Waals surface area contributed by atoms with Crippen molar-refractivity contribution in [3.8, 4) is 0 Å². The summed E-state index contributed by atoms with van der Waals surface area (Å²) in [5, 5.41) is 2.74. The molecule has 5 heteroatoms. The molecule has 0 aromatic rings. The Kier molecular flexibility index (Phi) is 11.5. The van der Waals surface area contributed by atoms with Gasteiger partial charge in [-0.1, -0.05) is 26.7 Å². The van der Waals surface area contributed by atoms with Crippen LogP contribution in [0.4, 0.5) is 4.79 Å². The van der Waals surface area contributed by atoms with E-state index in [1.807, 2.05) is 25.7 Å². The Balaban J connectivity index is 3.91. The summed E-state index contributed by atoms with van der Waals surface area (Å²) in [5.74, 6) is 0.224. The first kappa shape index (κ1) is 21.7. The van der Waals surface area contributed by atoms with E-state index in [0.717, 1.165) is 45.1 Å². The lowest BCUT2D eigenvalue weighted by Crippen LogP contribution is -2.34. The van der Waals surface area contributed by atoms with Crippen molar-refractivity contribution in [1.82, 2.24) is 10.2 Å². The molecule has 1 radical (unpaired) electrons. The van der Waals surface area contributed by atoms with Crippen molar-refractivity contribution in [2.75, 3.05) is 19.6 Å². The van der Waals surface area contributed by atoms with Crippen LogP contribution in [0.1, 0.15) is 72.6 Å². The fourth-order valence-corrected chi connectivity index (χ4v) is 2.17. The van der Waals surface area contributed by atoms with E-state index >= 15 is 0 Å². The maximum atomic E-state index is 12.1. The van der Waals surface area contributed by atoms with Crippen LogP contribution < -0.4 is 5.32 Å². The highest BCUT2D eigenvalue weighted by atomic mass is 16.6. The van der Waals surface area contributed by atoms with Crippen LogP contribution in [0.15, 0.2) is 0 Å². The molecule has 0 bridgehead atoms. The second kappa shape index (κ2) is 12.2. The zero-order chi connectivity index (χ0) is 17.7. The maximum absolute atomic E-state index is 12.1. The average molecular weight is 327 g/mol. The van der Waals surface area contributed by atoms with E-state index in [0.29, 0.717) is 19.5 Å². The molecule has 2 amide bonds. The first-order valence-corrected chi connectivity index (χ1v) is 8.84. The molecule has 0 aromatic carbocycles. The molecular formula is C18H35N2O3. The lowest BCUT2D eigenvalue weighted by atomic mass is 10.2. The second-order valence-electron chi connectivity index (χ2n) is 6.83. The molecule has 0 fully saturated rings. The Morgan fingerprint density at radius 3 is 2.35 bits per heavy atom. The SMILES string of the molecule is [CH2]CCN(CCCCNC(=O)OC(C)(C)C)C(=O)CCCCC. The Bertz CT molecular complexity index is 338. The lowest BCUT2D eigenvalue weighted by Gasteiger charge is -2.22. The third kappa shape index (κ3) is 12.9. The first-order chi connectivity index (χ1) is 10.8. The monoisotopic (exact) mass is 327 g/mol. The van der Waals surface area contributed by atoms with Gasteiger partial charge in [-0.2, -0.15) is 0 Å². The van der Waals surface area contributed by atoms with Crippen molar-refractivity contribution >= 4 is 12.0 Å². The number of carbonyl (C=O) groups is 2. The Morgan fingerprint density at radius 2 is 1.78 bits per heavy atom. The number of carbonyl (C=O) groups excluding carboxylic acids is 2. The summed E-state index contributed by atoms with van der Waals surface area (Å²) in [6, 6.07) is 0. The van der Waals surface area contributed by atoms with Gasteiger partial charge in [-0.05, 0) is 46.5 Å². The van der Waals surface area contributed by atoms with E-state index in [-0.39, 0.29) is 12.0 Å². The Labute approximate surface area is 142 Å². The second-order valence-corrected chi connectivity index (χ2v) is 6.83. The highest BCUT2D eigenvalue weighted by Gasteiger charge is 2.15. The molecule has 0 spiro atoms. The van der Waals surface area contributed by atoms with E-state index in [1.54, 1.807) is 0 Å². The van der Waals surface area contributed by atoms with Crippen LogP contribution in [0.2, 0.25) is 0 Å². The van der Waals surface area contributed by atoms with E-state index in [1.165, 1.54) is 0 Å². The normalized spacial score (nSPS) is 11.2. The van der Waals surface area contributed by atoms with Gasteiger partial charge in [0.1, 0.15) is 5.60 Å². The summed E-state index contributed by atoms with van der Waals surface area (Å²) in [6.07, 6.45) is 5.86. The van der Waals surface area contributed by atoms with Gasteiger partial charge in [-0.3, -0.25) is 4.79 Å². The summed E-state index contributed by atoms with van der Waals surface area (Å²) in [5.41, 5.74) is -0.472. The standard InChI is InChI=1S/C18H35N2O3/c1-6-8-9-12-16(21)20(14-7-2)15-11-10-13-19-17(22)23-18(3,4)5/h2,6-15H2,1,3-5H3,(H,19,22). The summed E-state index contributed by atoms with van der Waals surface area (Å²) in [6.45, 7) is 13.5. The first-order valence-electron chi connectivity index (χ1n) is 8.84. The highest BCUT2D eigenvalue weighted by molar-refractivity contribution is 5.76. The van der Waals surface area contributed by atoms with Gasteiger partial charge >= 0.3 is 6.09 Å². The van der Waals surface area contributed by atoms with Crippen LogP contribution >= 0.6 is 0 Å². The van der Waals surface area contributed by atoms with Crippen molar-refractivity contribution in [1.29, 1.82) is 0 Å². The molecule has 5 nitrogen and oxygen atoms in total. The number of ether oxygens (including phenoxy) is 1. The quantitative estimate of drug-likeness (QED) is 0.585. The number of rotatable bonds is 11.